The molecule has 0 saturated heterocycles. The van der Waals surface area contributed by atoms with Crippen molar-refractivity contribution in [2.24, 2.45) is 0 Å². The zero-order valence-electron chi connectivity index (χ0n) is 10.6. The fourth-order valence-electron chi connectivity index (χ4n) is 1.60. The van der Waals surface area contributed by atoms with Crippen molar-refractivity contribution in [2.75, 3.05) is 12.8 Å². The van der Waals surface area contributed by atoms with Gasteiger partial charge in [-0.25, -0.2) is 4.39 Å². The van der Waals surface area contributed by atoms with E-state index in [1.54, 1.807) is 25.3 Å². The summed E-state index contributed by atoms with van der Waals surface area (Å²) < 4.78 is 25.7. The summed E-state index contributed by atoms with van der Waals surface area (Å²) >= 11 is 6.79. The Morgan fingerprint density at radius 3 is 2.40 bits per heavy atom. The average molecular weight is 405 g/mol. The van der Waals surface area contributed by atoms with Crippen LogP contribution in [0, 0.1) is 5.82 Å². The number of hydrogen-bond acceptors (Lipinski definition) is 3. The van der Waals surface area contributed by atoms with Crippen LogP contribution in [0.1, 0.15) is 5.56 Å². The van der Waals surface area contributed by atoms with Crippen molar-refractivity contribution in [1.29, 1.82) is 0 Å². The number of benzene rings is 2. The molecule has 0 saturated carbocycles. The van der Waals surface area contributed by atoms with Gasteiger partial charge >= 0.3 is 0 Å². The zero-order chi connectivity index (χ0) is 14.7. The summed E-state index contributed by atoms with van der Waals surface area (Å²) in [5, 5.41) is 0. The highest BCUT2D eigenvalue weighted by atomic mass is 79.9. The Labute approximate surface area is 133 Å². The largest absolute Gasteiger partial charge is 0.496 e. The lowest BCUT2D eigenvalue weighted by molar-refractivity contribution is 0.302. The van der Waals surface area contributed by atoms with Gasteiger partial charge in [-0.15, -0.1) is 0 Å². The summed E-state index contributed by atoms with van der Waals surface area (Å²) in [5.41, 5.74) is 6.26. The third kappa shape index (κ3) is 3.43. The lowest BCUT2D eigenvalue weighted by Crippen LogP contribution is -1.99. The quantitative estimate of drug-likeness (QED) is 0.762. The van der Waals surface area contributed by atoms with E-state index in [4.69, 9.17) is 15.2 Å². The first-order valence-electron chi connectivity index (χ1n) is 5.71. The molecule has 0 heterocycles. The number of nitrogen functional groups attached to an aromatic ring is 1. The Hall–Kier alpha value is -1.27. The maximum Gasteiger partial charge on any atom is 0.146 e. The van der Waals surface area contributed by atoms with E-state index < -0.39 is 5.82 Å². The van der Waals surface area contributed by atoms with Crippen molar-refractivity contribution >= 4 is 37.5 Å². The highest BCUT2D eigenvalue weighted by molar-refractivity contribution is 9.11. The van der Waals surface area contributed by atoms with Gasteiger partial charge in [0.15, 0.2) is 0 Å². The molecule has 2 N–H and O–H groups in total. The summed E-state index contributed by atoms with van der Waals surface area (Å²) in [5.74, 6) is 0.888. The Bertz CT molecular complexity index is 635. The van der Waals surface area contributed by atoms with Gasteiger partial charge in [0.1, 0.15) is 23.9 Å². The molecule has 0 aliphatic carbocycles. The van der Waals surface area contributed by atoms with Gasteiger partial charge in [0.2, 0.25) is 0 Å². The number of nitrogens with two attached hydrogens (primary N) is 1. The molecule has 0 amide bonds. The van der Waals surface area contributed by atoms with E-state index in [-0.39, 0.29) is 12.3 Å². The monoisotopic (exact) mass is 403 g/mol. The van der Waals surface area contributed by atoms with Crippen molar-refractivity contribution in [3.8, 4) is 11.5 Å². The van der Waals surface area contributed by atoms with Crippen LogP contribution in [0.15, 0.2) is 39.3 Å². The van der Waals surface area contributed by atoms with Crippen molar-refractivity contribution < 1.29 is 13.9 Å². The maximum absolute atomic E-state index is 13.3. The van der Waals surface area contributed by atoms with Crippen molar-refractivity contribution in [3.63, 3.8) is 0 Å². The van der Waals surface area contributed by atoms with E-state index in [1.165, 1.54) is 12.1 Å². The van der Waals surface area contributed by atoms with Gasteiger partial charge in [-0.05, 0) is 61.7 Å². The second-order valence-electron chi connectivity index (χ2n) is 4.06. The summed E-state index contributed by atoms with van der Waals surface area (Å²) in [4.78, 5) is 0. The Morgan fingerprint density at radius 2 is 1.75 bits per heavy atom. The molecule has 0 aliphatic rings. The fraction of sp³-hybridized carbons (Fsp3) is 0.143. The van der Waals surface area contributed by atoms with Crippen molar-refractivity contribution in [2.45, 2.75) is 6.61 Å². The topological polar surface area (TPSA) is 44.5 Å². The van der Waals surface area contributed by atoms with E-state index in [9.17, 15) is 4.39 Å². The number of methoxy groups -OCH3 is 1. The molecule has 106 valence electrons. The molecule has 0 aliphatic heterocycles. The first-order chi connectivity index (χ1) is 9.51. The summed E-state index contributed by atoms with van der Waals surface area (Å²) in [7, 11) is 1.59. The van der Waals surface area contributed by atoms with Crippen molar-refractivity contribution in [3.05, 3.63) is 50.7 Å². The third-order valence-electron chi connectivity index (χ3n) is 2.67. The Morgan fingerprint density at radius 1 is 1.10 bits per heavy atom. The molecule has 20 heavy (non-hydrogen) atoms. The van der Waals surface area contributed by atoms with Crippen molar-refractivity contribution in [1.82, 2.24) is 0 Å². The molecule has 3 nitrogen and oxygen atoms in total. The first kappa shape index (κ1) is 15.1. The van der Waals surface area contributed by atoms with E-state index >= 15 is 0 Å². The molecule has 0 fully saturated rings. The van der Waals surface area contributed by atoms with Gasteiger partial charge in [-0.1, -0.05) is 6.07 Å². The highest BCUT2D eigenvalue weighted by Crippen LogP contribution is 2.36. The summed E-state index contributed by atoms with van der Waals surface area (Å²) in [6.07, 6.45) is 0. The molecule has 0 spiro atoms. The molecule has 0 radical (unpaired) electrons. The van der Waals surface area contributed by atoms with E-state index in [1.807, 2.05) is 0 Å². The molecule has 0 atom stereocenters. The molecule has 0 bridgehead atoms. The first-order valence-corrected chi connectivity index (χ1v) is 7.29. The smallest absolute Gasteiger partial charge is 0.146 e. The van der Waals surface area contributed by atoms with Crippen LogP contribution in [-0.2, 0) is 6.61 Å². The third-order valence-corrected chi connectivity index (χ3v) is 3.90. The standard InChI is InChI=1S/C14H12Br2FNO2/c1-19-13-5-10(16)14(6-9(13)15)20-7-8-2-3-12(18)11(17)4-8/h2-6H,7,18H2,1H3. The predicted molar refractivity (Wildman–Crippen MR) is 83.5 cm³/mol. The van der Waals surface area contributed by atoms with E-state index in [0.717, 1.165) is 8.95 Å². The maximum atomic E-state index is 13.3. The van der Waals surface area contributed by atoms with Crippen LogP contribution in [0.4, 0.5) is 10.1 Å². The second-order valence-corrected chi connectivity index (χ2v) is 5.77. The van der Waals surface area contributed by atoms with Gasteiger partial charge < -0.3 is 15.2 Å². The zero-order valence-corrected chi connectivity index (χ0v) is 13.8. The molecule has 0 aromatic heterocycles. The minimum Gasteiger partial charge on any atom is -0.496 e. The Balaban J connectivity index is 2.14. The fourth-order valence-corrected chi connectivity index (χ4v) is 2.52. The van der Waals surface area contributed by atoms with Crippen LogP contribution in [0.3, 0.4) is 0 Å². The molecule has 2 rings (SSSR count). The summed E-state index contributed by atoms with van der Waals surface area (Å²) in [6, 6.07) is 8.19. The molecule has 6 heteroatoms. The number of anilines is 1. The minimum absolute atomic E-state index is 0.127. The lowest BCUT2D eigenvalue weighted by Gasteiger charge is -2.11. The lowest BCUT2D eigenvalue weighted by atomic mass is 10.2. The SMILES string of the molecule is COc1cc(Br)c(OCc2ccc(N)c(F)c2)cc1Br. The van der Waals surface area contributed by atoms with Gasteiger partial charge in [0.25, 0.3) is 0 Å². The summed E-state index contributed by atoms with van der Waals surface area (Å²) in [6.45, 7) is 0.245. The normalized spacial score (nSPS) is 10.4. The Kier molecular flexibility index (Phi) is 4.88. The van der Waals surface area contributed by atoms with Crippen LogP contribution < -0.4 is 15.2 Å². The van der Waals surface area contributed by atoms with Crippen LogP contribution in [0.2, 0.25) is 0 Å². The average Bonchev–Trinajstić information content (AvgIpc) is 2.43. The van der Waals surface area contributed by atoms with Crippen LogP contribution in [0.5, 0.6) is 11.5 Å². The molecule has 2 aromatic carbocycles. The van der Waals surface area contributed by atoms with Crippen LogP contribution in [0.25, 0.3) is 0 Å². The molecule has 2 aromatic rings. The van der Waals surface area contributed by atoms with Gasteiger partial charge in [-0.3, -0.25) is 0 Å². The number of hydrogen-bond donors (Lipinski definition) is 1. The minimum atomic E-state index is -0.443. The van der Waals surface area contributed by atoms with E-state index in [2.05, 4.69) is 31.9 Å². The predicted octanol–water partition coefficient (Wildman–Crippen LogP) is 4.52. The van der Waals surface area contributed by atoms with Gasteiger partial charge in [0, 0.05) is 0 Å². The number of halogens is 3. The number of ether oxygens (including phenoxy) is 2. The number of rotatable bonds is 4. The molecule has 0 unspecified atom stereocenters. The molecular formula is C14H12Br2FNO2. The van der Waals surface area contributed by atoms with E-state index in [0.29, 0.717) is 17.1 Å². The molecular weight excluding hydrogens is 393 g/mol. The second kappa shape index (κ2) is 6.45. The highest BCUT2D eigenvalue weighted by Gasteiger charge is 2.09. The van der Waals surface area contributed by atoms with Gasteiger partial charge in [0.05, 0.1) is 21.7 Å². The van der Waals surface area contributed by atoms with Crippen LogP contribution in [-0.4, -0.2) is 7.11 Å². The van der Waals surface area contributed by atoms with Gasteiger partial charge in [-0.2, -0.15) is 0 Å². The van der Waals surface area contributed by atoms with Crippen LogP contribution >= 0.6 is 31.9 Å².